The van der Waals surface area contributed by atoms with E-state index in [9.17, 15) is 14.0 Å². The molecule has 6 nitrogen and oxygen atoms in total. The van der Waals surface area contributed by atoms with Gasteiger partial charge in [0, 0.05) is 29.0 Å². The summed E-state index contributed by atoms with van der Waals surface area (Å²) >= 11 is 0. The van der Waals surface area contributed by atoms with E-state index < -0.39 is 6.04 Å². The quantitative estimate of drug-likeness (QED) is 0.209. The van der Waals surface area contributed by atoms with E-state index >= 15 is 0 Å². The number of halogens is 1. The van der Waals surface area contributed by atoms with Gasteiger partial charge in [-0.1, -0.05) is 72.8 Å². The van der Waals surface area contributed by atoms with Crippen molar-refractivity contribution in [2.24, 2.45) is 0 Å². The largest absolute Gasteiger partial charge is 0.339 e. The molecule has 2 heterocycles. The van der Waals surface area contributed by atoms with Crippen molar-refractivity contribution in [3.05, 3.63) is 161 Å². The average molecular weight is 567 g/mol. The molecule has 0 spiro atoms. The van der Waals surface area contributed by atoms with E-state index in [1.165, 1.54) is 12.3 Å². The van der Waals surface area contributed by atoms with Crippen LogP contribution in [0.15, 0.2) is 128 Å². The predicted octanol–water partition coefficient (Wildman–Crippen LogP) is 7.52. The van der Waals surface area contributed by atoms with Crippen molar-refractivity contribution >= 4 is 28.4 Å². The lowest BCUT2D eigenvalue weighted by Gasteiger charge is -2.19. The number of benzene rings is 4. The number of pyridine rings is 2. The number of carbonyl (C=O) groups excluding carboxylic acids is 2. The molecular weight excluding hydrogens is 539 g/mol. The van der Waals surface area contributed by atoms with Crippen LogP contribution in [0.2, 0.25) is 0 Å². The Hall–Kier alpha value is -5.69. The molecule has 2 N–H and O–H groups in total. The van der Waals surface area contributed by atoms with Gasteiger partial charge in [0.2, 0.25) is 0 Å². The molecule has 6 rings (SSSR count). The highest BCUT2D eigenvalue weighted by Crippen LogP contribution is 2.27. The third-order valence-corrected chi connectivity index (χ3v) is 7.25. The van der Waals surface area contributed by atoms with Crippen LogP contribution in [0, 0.1) is 12.7 Å². The molecule has 0 aliphatic rings. The minimum atomic E-state index is -0.428. The molecule has 0 saturated carbocycles. The van der Waals surface area contributed by atoms with Crippen LogP contribution in [0.5, 0.6) is 0 Å². The molecule has 0 radical (unpaired) electrons. The second-order valence-electron chi connectivity index (χ2n) is 10.2. The number of hydrogen-bond acceptors (Lipinski definition) is 4. The van der Waals surface area contributed by atoms with Crippen LogP contribution in [0.1, 0.15) is 43.6 Å². The van der Waals surface area contributed by atoms with Gasteiger partial charge in [-0.3, -0.25) is 19.6 Å². The van der Waals surface area contributed by atoms with Gasteiger partial charge < -0.3 is 10.6 Å². The van der Waals surface area contributed by atoms with Crippen molar-refractivity contribution in [3.63, 3.8) is 0 Å². The Labute approximate surface area is 248 Å². The van der Waals surface area contributed by atoms with E-state index in [4.69, 9.17) is 0 Å². The molecule has 1 atom stereocenters. The maximum absolute atomic E-state index is 14.3. The number of rotatable bonds is 7. The number of amides is 2. The summed E-state index contributed by atoms with van der Waals surface area (Å²) in [4.78, 5) is 35.6. The number of fused-ring (bicyclic) bond motifs is 1. The van der Waals surface area contributed by atoms with E-state index in [2.05, 4.69) is 20.6 Å². The lowest BCUT2D eigenvalue weighted by molar-refractivity contribution is 0.0941. The summed E-state index contributed by atoms with van der Waals surface area (Å²) in [5, 5.41) is 6.76. The number of hydrogen-bond donors (Lipinski definition) is 2. The van der Waals surface area contributed by atoms with Crippen LogP contribution in [-0.2, 0) is 0 Å². The van der Waals surface area contributed by atoms with E-state index in [1.807, 2.05) is 60.7 Å². The fourth-order valence-electron chi connectivity index (χ4n) is 4.95. The monoisotopic (exact) mass is 566 g/mol. The lowest BCUT2D eigenvalue weighted by atomic mass is 9.98. The van der Waals surface area contributed by atoms with Gasteiger partial charge in [0.05, 0.1) is 22.8 Å². The summed E-state index contributed by atoms with van der Waals surface area (Å²) in [6.07, 6.45) is 3.22. The van der Waals surface area contributed by atoms with Crippen LogP contribution in [-0.4, -0.2) is 21.8 Å². The van der Waals surface area contributed by atoms with Gasteiger partial charge in [0.25, 0.3) is 11.8 Å². The van der Waals surface area contributed by atoms with Crippen molar-refractivity contribution in [2.45, 2.75) is 13.0 Å². The maximum atomic E-state index is 14.3. The highest BCUT2D eigenvalue weighted by atomic mass is 19.1. The number of aryl methyl sites for hydroxylation is 1. The first-order valence-corrected chi connectivity index (χ1v) is 13.8. The van der Waals surface area contributed by atoms with Gasteiger partial charge >= 0.3 is 0 Å². The van der Waals surface area contributed by atoms with Crippen molar-refractivity contribution in [3.8, 4) is 11.1 Å². The molecule has 0 aliphatic carbocycles. The molecule has 7 heteroatoms. The number of anilines is 1. The number of aromatic nitrogens is 2. The van der Waals surface area contributed by atoms with Crippen LogP contribution in [0.25, 0.3) is 22.0 Å². The molecule has 0 bridgehead atoms. The first-order chi connectivity index (χ1) is 21.0. The number of nitrogens with zero attached hydrogens (tertiary/aromatic N) is 2. The zero-order valence-electron chi connectivity index (χ0n) is 23.3. The first-order valence-electron chi connectivity index (χ1n) is 13.8. The maximum Gasteiger partial charge on any atom is 0.256 e. The van der Waals surface area contributed by atoms with Crippen molar-refractivity contribution in [1.29, 1.82) is 0 Å². The summed E-state index contributed by atoms with van der Waals surface area (Å²) in [6.45, 7) is 1.70. The summed E-state index contributed by atoms with van der Waals surface area (Å²) in [7, 11) is 0. The first kappa shape index (κ1) is 27.5. The Bertz CT molecular complexity index is 1910. The summed E-state index contributed by atoms with van der Waals surface area (Å²) in [5.74, 6) is -0.933. The molecule has 43 heavy (non-hydrogen) atoms. The standard InChI is InChI=1S/C36H27FN4O2/c1-23-14-15-25(20-31(23)37)29-11-5-6-12-30(29)36(43)40-28-17-16-26-19-27(22-39-33(26)21-28)35(42)41-34(24-9-3-2-4-10-24)32-13-7-8-18-38-32/h2-22,34H,1H3,(H,40,43)(H,41,42). The molecule has 210 valence electrons. The van der Waals surface area contributed by atoms with Gasteiger partial charge in [-0.15, -0.1) is 0 Å². The number of carbonyl (C=O) groups is 2. The Kier molecular flexibility index (Phi) is 7.70. The van der Waals surface area contributed by atoms with Gasteiger partial charge in [-0.2, -0.15) is 0 Å². The Morgan fingerprint density at radius 1 is 0.767 bits per heavy atom. The minimum Gasteiger partial charge on any atom is -0.339 e. The molecule has 6 aromatic rings. The van der Waals surface area contributed by atoms with Crippen molar-refractivity contribution in [1.82, 2.24) is 15.3 Å². The second kappa shape index (κ2) is 12.0. The van der Waals surface area contributed by atoms with Crippen LogP contribution in [0.3, 0.4) is 0 Å². The summed E-state index contributed by atoms with van der Waals surface area (Å²) in [5.41, 5.74) is 5.43. The molecule has 4 aromatic carbocycles. The summed E-state index contributed by atoms with van der Waals surface area (Å²) < 4.78 is 14.3. The van der Waals surface area contributed by atoms with Gasteiger partial charge in [-0.25, -0.2) is 4.39 Å². The third-order valence-electron chi connectivity index (χ3n) is 7.25. The third kappa shape index (κ3) is 6.01. The highest BCUT2D eigenvalue weighted by Gasteiger charge is 2.20. The Balaban J connectivity index is 1.22. The predicted molar refractivity (Wildman–Crippen MR) is 166 cm³/mol. The molecule has 0 saturated heterocycles. The zero-order valence-corrected chi connectivity index (χ0v) is 23.3. The molecular formula is C36H27FN4O2. The second-order valence-corrected chi connectivity index (χ2v) is 10.2. The van der Waals surface area contributed by atoms with Gasteiger partial charge in [0.1, 0.15) is 5.82 Å². The Morgan fingerprint density at radius 3 is 2.35 bits per heavy atom. The molecule has 2 amide bonds. The van der Waals surface area contributed by atoms with E-state index in [0.717, 1.165) is 16.6 Å². The molecule has 1 unspecified atom stereocenters. The van der Waals surface area contributed by atoms with Crippen molar-refractivity contribution in [2.75, 3.05) is 5.32 Å². The number of nitrogens with one attached hydrogen (secondary N) is 2. The van der Waals surface area contributed by atoms with Crippen LogP contribution < -0.4 is 10.6 Å². The minimum absolute atomic E-state index is 0.282. The van der Waals surface area contributed by atoms with Crippen LogP contribution in [0.4, 0.5) is 10.1 Å². The zero-order chi connectivity index (χ0) is 29.8. The molecule has 2 aromatic heterocycles. The van der Waals surface area contributed by atoms with Crippen LogP contribution >= 0.6 is 0 Å². The summed E-state index contributed by atoms with van der Waals surface area (Å²) in [6, 6.07) is 34.0. The van der Waals surface area contributed by atoms with E-state index in [0.29, 0.717) is 39.0 Å². The molecule has 0 aliphatic heterocycles. The average Bonchev–Trinajstić information content (AvgIpc) is 3.05. The van der Waals surface area contributed by atoms with E-state index in [-0.39, 0.29) is 17.6 Å². The lowest BCUT2D eigenvalue weighted by Crippen LogP contribution is -2.30. The van der Waals surface area contributed by atoms with Crippen molar-refractivity contribution < 1.29 is 14.0 Å². The molecule has 0 fully saturated rings. The smallest absolute Gasteiger partial charge is 0.256 e. The normalized spacial score (nSPS) is 11.6. The Morgan fingerprint density at radius 2 is 1.56 bits per heavy atom. The SMILES string of the molecule is Cc1ccc(-c2ccccc2C(=O)Nc2ccc3cc(C(=O)NC(c4ccccc4)c4ccccn4)cnc3c2)cc1F. The van der Waals surface area contributed by atoms with E-state index in [1.54, 1.807) is 61.7 Å². The fraction of sp³-hybridized carbons (Fsp3) is 0.0556. The van der Waals surface area contributed by atoms with Gasteiger partial charge in [-0.05, 0) is 71.6 Å². The highest BCUT2D eigenvalue weighted by molar-refractivity contribution is 6.09. The fourth-order valence-corrected chi connectivity index (χ4v) is 4.95. The topological polar surface area (TPSA) is 84.0 Å². The van der Waals surface area contributed by atoms with Gasteiger partial charge in [0.15, 0.2) is 0 Å².